The molecule has 1 amide bonds. The van der Waals surface area contributed by atoms with Gasteiger partial charge in [0.15, 0.2) is 5.83 Å². The van der Waals surface area contributed by atoms with Crippen molar-refractivity contribution in [3.8, 4) is 0 Å². The first kappa shape index (κ1) is 5.14. The van der Waals surface area contributed by atoms with Crippen LogP contribution in [0.5, 0.6) is 0 Å². The third kappa shape index (κ3) is 1.46. The van der Waals surface area contributed by atoms with Crippen LogP contribution in [-0.4, -0.2) is 5.91 Å². The van der Waals surface area contributed by atoms with Gasteiger partial charge in [-0.25, -0.2) is 4.39 Å². The van der Waals surface area contributed by atoms with Crippen LogP contribution in [0.15, 0.2) is 12.4 Å². The molecule has 0 aliphatic rings. The predicted molar refractivity (Wildman–Crippen MR) is 19.4 cm³/mol. The molecule has 0 radical (unpaired) electrons. The molecule has 2 nitrogen and oxygen atoms in total. The van der Waals surface area contributed by atoms with Gasteiger partial charge in [0.25, 0.3) is 5.91 Å². The number of halogens is 1. The molecule has 2 N–H and O–H groups in total. The van der Waals surface area contributed by atoms with E-state index in [9.17, 15) is 9.18 Å². The monoisotopic (exact) mass is 89.0 g/mol. The van der Waals surface area contributed by atoms with E-state index in [0.29, 0.717) is 0 Å². The Hall–Kier alpha value is -0.860. The standard InChI is InChI=1S/C3H4FNO/c1-2(4)3(5)6/h1H2,(H2,5,6). The van der Waals surface area contributed by atoms with E-state index in [1.54, 1.807) is 0 Å². The van der Waals surface area contributed by atoms with Crippen molar-refractivity contribution >= 4 is 5.91 Å². The van der Waals surface area contributed by atoms with Crippen molar-refractivity contribution in [3.63, 3.8) is 0 Å². The minimum atomic E-state index is -1.10. The predicted octanol–water partition coefficient (Wildman–Crippen LogP) is -0.0451. The molecule has 0 heterocycles. The molecule has 3 heteroatoms. The summed E-state index contributed by atoms with van der Waals surface area (Å²) < 4.78 is 11.2. The summed E-state index contributed by atoms with van der Waals surface area (Å²) in [6, 6.07) is 0. The van der Waals surface area contributed by atoms with E-state index in [1.807, 2.05) is 0 Å². The van der Waals surface area contributed by atoms with Crippen molar-refractivity contribution in [2.24, 2.45) is 5.73 Å². The highest BCUT2D eigenvalue weighted by Gasteiger charge is 1.92. The fraction of sp³-hybridized carbons (Fsp3) is 0. The third-order valence-corrected chi connectivity index (χ3v) is 0.267. The number of hydrogen-bond donors (Lipinski definition) is 1. The minimum Gasteiger partial charge on any atom is -0.364 e. The van der Waals surface area contributed by atoms with Crippen molar-refractivity contribution in [3.05, 3.63) is 12.4 Å². The van der Waals surface area contributed by atoms with Crippen molar-refractivity contribution in [2.45, 2.75) is 0 Å². The lowest BCUT2D eigenvalue weighted by molar-refractivity contribution is -0.115. The molecule has 0 atom stereocenters. The summed E-state index contributed by atoms with van der Waals surface area (Å²) in [6.45, 7) is 2.61. The smallest absolute Gasteiger partial charge is 0.276 e. The zero-order chi connectivity index (χ0) is 5.15. The van der Waals surface area contributed by atoms with Gasteiger partial charge < -0.3 is 5.73 Å². The first-order valence-corrected chi connectivity index (χ1v) is 1.29. The van der Waals surface area contributed by atoms with Crippen LogP contribution in [0.2, 0.25) is 0 Å². The number of carbonyl (C=O) groups is 1. The van der Waals surface area contributed by atoms with Gasteiger partial charge in [-0.15, -0.1) is 0 Å². The number of carbonyl (C=O) groups excluding carboxylic acids is 1. The molecule has 0 saturated heterocycles. The van der Waals surface area contributed by atoms with E-state index in [-0.39, 0.29) is 0 Å². The molecule has 0 rings (SSSR count). The lowest BCUT2D eigenvalue weighted by Crippen LogP contribution is -2.09. The molecule has 0 spiro atoms. The second-order valence-electron chi connectivity index (χ2n) is 0.769. The Balaban J connectivity index is 3.57. The summed E-state index contributed by atoms with van der Waals surface area (Å²) in [5.41, 5.74) is 4.32. The molecule has 0 fully saturated rings. The van der Waals surface area contributed by atoms with Gasteiger partial charge in [-0.1, -0.05) is 6.58 Å². The maximum Gasteiger partial charge on any atom is 0.276 e. The van der Waals surface area contributed by atoms with Crippen LogP contribution >= 0.6 is 0 Å². The fourth-order valence-electron chi connectivity index (χ4n) is 0. The molecule has 6 heavy (non-hydrogen) atoms. The summed E-state index contributed by atoms with van der Waals surface area (Å²) >= 11 is 0. The van der Waals surface area contributed by atoms with Crippen LogP contribution in [0.4, 0.5) is 4.39 Å². The average molecular weight is 89.1 g/mol. The van der Waals surface area contributed by atoms with Crippen molar-refractivity contribution in [1.82, 2.24) is 0 Å². The van der Waals surface area contributed by atoms with Gasteiger partial charge in [0, 0.05) is 0 Å². The minimum absolute atomic E-state index is 1.10. The van der Waals surface area contributed by atoms with E-state index in [0.717, 1.165) is 0 Å². The largest absolute Gasteiger partial charge is 0.364 e. The Morgan fingerprint density at radius 2 is 2.00 bits per heavy atom. The Labute approximate surface area is 34.4 Å². The number of rotatable bonds is 1. The van der Waals surface area contributed by atoms with Gasteiger partial charge in [0.2, 0.25) is 0 Å². The maximum absolute atomic E-state index is 11.2. The number of primary amides is 1. The van der Waals surface area contributed by atoms with E-state index in [4.69, 9.17) is 0 Å². The molecule has 0 unspecified atom stereocenters. The molecule has 0 aromatic heterocycles. The molecule has 34 valence electrons. The van der Waals surface area contributed by atoms with Crippen LogP contribution in [0.25, 0.3) is 0 Å². The molecule has 0 aliphatic heterocycles. The lowest BCUT2D eigenvalue weighted by atomic mass is 10.6. The van der Waals surface area contributed by atoms with Gasteiger partial charge in [0.1, 0.15) is 0 Å². The number of nitrogens with two attached hydrogens (primary N) is 1. The third-order valence-electron chi connectivity index (χ3n) is 0.267. The van der Waals surface area contributed by atoms with Crippen LogP contribution in [0.3, 0.4) is 0 Å². The van der Waals surface area contributed by atoms with Gasteiger partial charge in [-0.3, -0.25) is 4.79 Å². The van der Waals surface area contributed by atoms with Gasteiger partial charge >= 0.3 is 0 Å². The van der Waals surface area contributed by atoms with Crippen molar-refractivity contribution in [2.75, 3.05) is 0 Å². The van der Waals surface area contributed by atoms with Crippen LogP contribution in [-0.2, 0) is 4.79 Å². The molecular formula is C3H4FNO. The first-order chi connectivity index (χ1) is 2.64. The summed E-state index contributed by atoms with van der Waals surface area (Å²) in [5, 5.41) is 0. The van der Waals surface area contributed by atoms with E-state index in [2.05, 4.69) is 12.3 Å². The first-order valence-electron chi connectivity index (χ1n) is 1.29. The summed E-state index contributed by atoms with van der Waals surface area (Å²) in [5.74, 6) is -2.20. The number of amides is 1. The molecule has 0 aromatic carbocycles. The normalized spacial score (nSPS) is 7.50. The fourth-order valence-corrected chi connectivity index (χ4v) is 0. The van der Waals surface area contributed by atoms with Crippen LogP contribution in [0, 0.1) is 0 Å². The van der Waals surface area contributed by atoms with Crippen LogP contribution in [0.1, 0.15) is 0 Å². The summed E-state index contributed by atoms with van der Waals surface area (Å²) in [7, 11) is 0. The Bertz CT molecular complexity index is 76.8. The molecule has 0 aliphatic carbocycles. The van der Waals surface area contributed by atoms with E-state index >= 15 is 0 Å². The van der Waals surface area contributed by atoms with Gasteiger partial charge in [0.05, 0.1) is 0 Å². The van der Waals surface area contributed by atoms with Gasteiger partial charge in [-0.2, -0.15) is 0 Å². The summed E-state index contributed by atoms with van der Waals surface area (Å²) in [6.07, 6.45) is 0. The second-order valence-corrected chi connectivity index (χ2v) is 0.769. The highest BCUT2D eigenvalue weighted by Crippen LogP contribution is 1.83. The summed E-state index contributed by atoms with van der Waals surface area (Å²) in [4.78, 5) is 9.45. The molecule has 0 bridgehead atoms. The Kier molecular flexibility index (Phi) is 1.32. The number of hydrogen-bond acceptors (Lipinski definition) is 1. The Morgan fingerprint density at radius 1 is 1.83 bits per heavy atom. The topological polar surface area (TPSA) is 43.1 Å². The quantitative estimate of drug-likeness (QED) is 0.450. The molecular weight excluding hydrogens is 85.0 g/mol. The molecule has 0 saturated carbocycles. The van der Waals surface area contributed by atoms with Gasteiger partial charge in [-0.05, 0) is 0 Å². The van der Waals surface area contributed by atoms with Crippen molar-refractivity contribution in [1.29, 1.82) is 0 Å². The maximum atomic E-state index is 11.2. The zero-order valence-corrected chi connectivity index (χ0v) is 3.07. The van der Waals surface area contributed by atoms with E-state index < -0.39 is 11.7 Å². The average Bonchev–Trinajstić information content (AvgIpc) is 1.36. The zero-order valence-electron chi connectivity index (χ0n) is 3.07. The lowest BCUT2D eigenvalue weighted by Gasteiger charge is -1.76. The SMILES string of the molecule is C=C(F)C(N)=O. The highest BCUT2D eigenvalue weighted by molar-refractivity contribution is 5.88. The Morgan fingerprint density at radius 3 is 2.00 bits per heavy atom. The highest BCUT2D eigenvalue weighted by atomic mass is 19.1. The van der Waals surface area contributed by atoms with Crippen LogP contribution < -0.4 is 5.73 Å². The molecule has 0 aromatic rings. The van der Waals surface area contributed by atoms with E-state index in [1.165, 1.54) is 0 Å². The van der Waals surface area contributed by atoms with Crippen molar-refractivity contribution < 1.29 is 9.18 Å². The second kappa shape index (κ2) is 1.55.